The number of carbonyl (C=O) groups excluding carboxylic acids is 1. The molecule has 1 rings (SSSR count). The number of nitrogens with one attached hydrogen (secondary N) is 1. The number of aryl methyl sites for hydroxylation is 1. The average molecular weight is 221 g/mol. The monoisotopic (exact) mass is 221 g/mol. The van der Waals surface area contributed by atoms with Crippen molar-refractivity contribution in [2.24, 2.45) is 0 Å². The zero-order valence-electron chi connectivity index (χ0n) is 10.3. The van der Waals surface area contributed by atoms with Gasteiger partial charge >= 0.3 is 5.97 Å². The molecule has 1 unspecified atom stereocenters. The zero-order valence-corrected chi connectivity index (χ0v) is 10.3. The van der Waals surface area contributed by atoms with E-state index in [4.69, 9.17) is 4.74 Å². The van der Waals surface area contributed by atoms with Crippen molar-refractivity contribution in [2.45, 2.75) is 32.7 Å². The maximum absolute atomic E-state index is 11.7. The normalized spacial score (nSPS) is 14.0. The van der Waals surface area contributed by atoms with E-state index >= 15 is 0 Å². The van der Waals surface area contributed by atoms with Gasteiger partial charge in [0, 0.05) is 5.69 Å². The molecule has 0 amide bonds. The molecule has 0 saturated heterocycles. The second kappa shape index (κ2) is 5.01. The van der Waals surface area contributed by atoms with Gasteiger partial charge in [-0.3, -0.25) is 0 Å². The largest absolute Gasteiger partial charge is 0.467 e. The smallest absolute Gasteiger partial charge is 0.331 e. The molecule has 0 aromatic heterocycles. The van der Waals surface area contributed by atoms with Gasteiger partial charge in [-0.2, -0.15) is 0 Å². The van der Waals surface area contributed by atoms with Crippen molar-refractivity contribution >= 4 is 11.7 Å². The lowest BCUT2D eigenvalue weighted by Crippen LogP contribution is -2.43. The Balaban J connectivity index is 2.84. The molecule has 1 aromatic carbocycles. The molecule has 0 aliphatic carbocycles. The maximum atomic E-state index is 11.7. The first-order valence-corrected chi connectivity index (χ1v) is 5.45. The molecule has 1 N–H and O–H groups in total. The highest BCUT2D eigenvalue weighted by atomic mass is 16.5. The number of hydrogen-bond donors (Lipinski definition) is 1. The highest BCUT2D eigenvalue weighted by Crippen LogP contribution is 2.20. The minimum atomic E-state index is -0.663. The number of ether oxygens (including phenoxy) is 1. The summed E-state index contributed by atoms with van der Waals surface area (Å²) in [5.41, 5.74) is 1.46. The maximum Gasteiger partial charge on any atom is 0.331 e. The third kappa shape index (κ3) is 2.75. The van der Waals surface area contributed by atoms with E-state index < -0.39 is 5.54 Å². The number of rotatable bonds is 4. The van der Waals surface area contributed by atoms with E-state index in [1.807, 2.05) is 45.0 Å². The molecule has 3 heteroatoms. The third-order valence-corrected chi connectivity index (χ3v) is 2.81. The van der Waals surface area contributed by atoms with Crippen molar-refractivity contribution in [1.29, 1.82) is 0 Å². The van der Waals surface area contributed by atoms with E-state index in [1.165, 1.54) is 12.7 Å². The van der Waals surface area contributed by atoms with Crippen LogP contribution in [-0.4, -0.2) is 18.6 Å². The highest BCUT2D eigenvalue weighted by molar-refractivity contribution is 5.83. The summed E-state index contributed by atoms with van der Waals surface area (Å²) in [5.74, 6) is -0.240. The highest BCUT2D eigenvalue weighted by Gasteiger charge is 2.32. The van der Waals surface area contributed by atoms with Gasteiger partial charge in [0.05, 0.1) is 7.11 Å². The van der Waals surface area contributed by atoms with Crippen molar-refractivity contribution in [2.75, 3.05) is 12.4 Å². The Bertz CT molecular complexity index is 359. The Morgan fingerprint density at radius 2 is 1.94 bits per heavy atom. The number of esters is 1. The minimum absolute atomic E-state index is 0.240. The first-order valence-electron chi connectivity index (χ1n) is 5.45. The summed E-state index contributed by atoms with van der Waals surface area (Å²) in [5, 5.41) is 3.21. The molecule has 16 heavy (non-hydrogen) atoms. The molecule has 0 fully saturated rings. The molecular weight excluding hydrogens is 202 g/mol. The van der Waals surface area contributed by atoms with Gasteiger partial charge in [0.15, 0.2) is 0 Å². The van der Waals surface area contributed by atoms with Crippen LogP contribution in [0.15, 0.2) is 24.3 Å². The topological polar surface area (TPSA) is 38.3 Å². The van der Waals surface area contributed by atoms with Crippen molar-refractivity contribution < 1.29 is 9.53 Å². The van der Waals surface area contributed by atoms with Crippen molar-refractivity contribution in [1.82, 2.24) is 0 Å². The van der Waals surface area contributed by atoms with Crippen LogP contribution in [0.4, 0.5) is 5.69 Å². The fourth-order valence-electron chi connectivity index (χ4n) is 1.46. The number of hydrogen-bond acceptors (Lipinski definition) is 3. The quantitative estimate of drug-likeness (QED) is 0.794. The number of carbonyl (C=O) groups is 1. The van der Waals surface area contributed by atoms with Gasteiger partial charge < -0.3 is 10.1 Å². The lowest BCUT2D eigenvalue weighted by Gasteiger charge is -2.27. The third-order valence-electron chi connectivity index (χ3n) is 2.81. The second-order valence-corrected chi connectivity index (χ2v) is 4.17. The van der Waals surface area contributed by atoms with Gasteiger partial charge in [-0.25, -0.2) is 4.79 Å². The molecule has 1 atom stereocenters. The van der Waals surface area contributed by atoms with E-state index in [9.17, 15) is 4.79 Å². The number of anilines is 1. The van der Waals surface area contributed by atoms with Crippen LogP contribution in [0.5, 0.6) is 0 Å². The molecular formula is C13H19NO2. The molecule has 88 valence electrons. The zero-order chi connectivity index (χ0) is 12.2. The molecule has 0 bridgehead atoms. The van der Waals surface area contributed by atoms with Gasteiger partial charge in [-0.15, -0.1) is 0 Å². The fourth-order valence-corrected chi connectivity index (χ4v) is 1.46. The van der Waals surface area contributed by atoms with Gasteiger partial charge in [0.1, 0.15) is 5.54 Å². The Morgan fingerprint density at radius 1 is 1.38 bits per heavy atom. The van der Waals surface area contributed by atoms with Crippen LogP contribution in [0.3, 0.4) is 0 Å². The molecule has 0 saturated carbocycles. The molecule has 0 heterocycles. The summed E-state index contributed by atoms with van der Waals surface area (Å²) in [7, 11) is 1.41. The van der Waals surface area contributed by atoms with E-state index in [0.717, 1.165) is 5.69 Å². The molecule has 0 radical (unpaired) electrons. The van der Waals surface area contributed by atoms with Crippen LogP contribution in [0.2, 0.25) is 0 Å². The summed E-state index contributed by atoms with van der Waals surface area (Å²) in [6.45, 7) is 5.83. The molecule has 0 spiro atoms. The van der Waals surface area contributed by atoms with Crippen LogP contribution in [-0.2, 0) is 9.53 Å². The lowest BCUT2D eigenvalue weighted by atomic mass is 9.98. The Kier molecular flexibility index (Phi) is 3.93. The number of methoxy groups -OCH3 is 1. The Morgan fingerprint density at radius 3 is 2.38 bits per heavy atom. The first kappa shape index (κ1) is 12.6. The van der Waals surface area contributed by atoms with Crippen molar-refractivity contribution in [3.63, 3.8) is 0 Å². The van der Waals surface area contributed by atoms with Crippen LogP contribution >= 0.6 is 0 Å². The van der Waals surface area contributed by atoms with E-state index in [-0.39, 0.29) is 5.97 Å². The fraction of sp³-hybridized carbons (Fsp3) is 0.462. The van der Waals surface area contributed by atoms with Crippen LogP contribution in [0.25, 0.3) is 0 Å². The van der Waals surface area contributed by atoms with Crippen molar-refractivity contribution in [3.05, 3.63) is 29.8 Å². The molecule has 3 nitrogen and oxygen atoms in total. The van der Waals surface area contributed by atoms with E-state index in [1.54, 1.807) is 0 Å². The van der Waals surface area contributed by atoms with Gasteiger partial charge in [0.2, 0.25) is 0 Å². The average Bonchev–Trinajstić information content (AvgIpc) is 2.31. The molecule has 0 aliphatic rings. The van der Waals surface area contributed by atoms with Crippen LogP contribution < -0.4 is 5.32 Å². The van der Waals surface area contributed by atoms with Gasteiger partial charge in [-0.1, -0.05) is 24.6 Å². The standard InChI is InChI=1S/C13H19NO2/c1-5-13(3,12(15)16-4)14-11-8-6-10(2)7-9-11/h6-9,14H,5H2,1-4H3. The summed E-state index contributed by atoms with van der Waals surface area (Å²) >= 11 is 0. The molecule has 1 aromatic rings. The van der Waals surface area contributed by atoms with E-state index in [0.29, 0.717) is 6.42 Å². The lowest BCUT2D eigenvalue weighted by molar-refractivity contribution is -0.145. The predicted molar refractivity (Wildman–Crippen MR) is 65.5 cm³/mol. The minimum Gasteiger partial charge on any atom is -0.467 e. The second-order valence-electron chi connectivity index (χ2n) is 4.17. The Labute approximate surface area is 96.8 Å². The van der Waals surface area contributed by atoms with E-state index in [2.05, 4.69) is 5.32 Å². The van der Waals surface area contributed by atoms with Gasteiger partial charge in [-0.05, 0) is 32.4 Å². The summed E-state index contributed by atoms with van der Waals surface area (Å²) in [6.07, 6.45) is 0.674. The van der Waals surface area contributed by atoms with Crippen molar-refractivity contribution in [3.8, 4) is 0 Å². The first-order chi connectivity index (χ1) is 7.51. The SMILES string of the molecule is CCC(C)(Nc1ccc(C)cc1)C(=O)OC. The van der Waals surface area contributed by atoms with Crippen LogP contribution in [0, 0.1) is 6.92 Å². The summed E-state index contributed by atoms with van der Waals surface area (Å²) in [4.78, 5) is 11.7. The van der Waals surface area contributed by atoms with Crippen LogP contribution in [0.1, 0.15) is 25.8 Å². The molecule has 0 aliphatic heterocycles. The number of benzene rings is 1. The van der Waals surface area contributed by atoms with Gasteiger partial charge in [0.25, 0.3) is 0 Å². The summed E-state index contributed by atoms with van der Waals surface area (Å²) in [6, 6.07) is 7.95. The summed E-state index contributed by atoms with van der Waals surface area (Å²) < 4.78 is 4.80. The Hall–Kier alpha value is -1.51. The predicted octanol–water partition coefficient (Wildman–Crippen LogP) is 2.75.